The molecule has 2 aromatic carbocycles. The first-order valence-corrected chi connectivity index (χ1v) is 6.94. The molecular weight excluding hydrogens is 286 g/mol. The lowest BCUT2D eigenvalue weighted by Crippen LogP contribution is -2.08. The van der Waals surface area contributed by atoms with Gasteiger partial charge in [0.2, 0.25) is 0 Å². The van der Waals surface area contributed by atoms with E-state index in [0.717, 1.165) is 22.8 Å². The predicted octanol–water partition coefficient (Wildman–Crippen LogP) is 3.24. The summed E-state index contributed by atoms with van der Waals surface area (Å²) in [6, 6.07) is 15.7. The fourth-order valence-electron chi connectivity index (χ4n) is 2.02. The van der Waals surface area contributed by atoms with Crippen LogP contribution in [-0.2, 0) is 6.54 Å². The molecule has 6 heteroatoms. The van der Waals surface area contributed by atoms with Crippen molar-refractivity contribution in [2.45, 2.75) is 13.5 Å². The van der Waals surface area contributed by atoms with Gasteiger partial charge in [0.05, 0.1) is 22.9 Å². The van der Waals surface area contributed by atoms with Crippen molar-refractivity contribution in [1.29, 1.82) is 0 Å². The highest BCUT2D eigenvalue weighted by Gasteiger charge is 2.08. The number of nitrogens with zero attached hydrogens (tertiary/aromatic N) is 4. The second-order valence-corrected chi connectivity index (χ2v) is 5.09. The van der Waals surface area contributed by atoms with Gasteiger partial charge in [0.25, 0.3) is 0 Å². The SMILES string of the molecule is Cc1ccc(NCc2nnnn2-c2ccccc2)c(Cl)c1. The number of tetrazole rings is 1. The van der Waals surface area contributed by atoms with Crippen LogP contribution in [0.1, 0.15) is 11.4 Å². The second kappa shape index (κ2) is 5.93. The van der Waals surface area contributed by atoms with Gasteiger partial charge in [0.15, 0.2) is 5.82 Å². The Morgan fingerprint density at radius 3 is 2.71 bits per heavy atom. The second-order valence-electron chi connectivity index (χ2n) is 4.68. The van der Waals surface area contributed by atoms with E-state index in [4.69, 9.17) is 11.6 Å². The summed E-state index contributed by atoms with van der Waals surface area (Å²) in [6.45, 7) is 2.50. The highest BCUT2D eigenvalue weighted by atomic mass is 35.5. The minimum absolute atomic E-state index is 0.491. The van der Waals surface area contributed by atoms with E-state index in [1.54, 1.807) is 4.68 Å². The summed E-state index contributed by atoms with van der Waals surface area (Å²) in [6.07, 6.45) is 0. The molecule has 5 nitrogen and oxygen atoms in total. The first kappa shape index (κ1) is 13.6. The van der Waals surface area contributed by atoms with Gasteiger partial charge in [0.1, 0.15) is 0 Å². The number of benzene rings is 2. The van der Waals surface area contributed by atoms with Crippen LogP contribution in [0.25, 0.3) is 5.69 Å². The average Bonchev–Trinajstić information content (AvgIpc) is 2.96. The van der Waals surface area contributed by atoms with Gasteiger partial charge in [-0.1, -0.05) is 35.9 Å². The fourth-order valence-corrected chi connectivity index (χ4v) is 2.33. The van der Waals surface area contributed by atoms with Crippen LogP contribution in [0, 0.1) is 6.92 Å². The summed E-state index contributed by atoms with van der Waals surface area (Å²) >= 11 is 6.21. The lowest BCUT2D eigenvalue weighted by Gasteiger charge is -2.09. The number of nitrogens with one attached hydrogen (secondary N) is 1. The van der Waals surface area contributed by atoms with Gasteiger partial charge in [-0.15, -0.1) is 5.10 Å². The van der Waals surface area contributed by atoms with E-state index in [2.05, 4.69) is 20.8 Å². The first-order chi connectivity index (χ1) is 10.2. The fraction of sp³-hybridized carbons (Fsp3) is 0.133. The van der Waals surface area contributed by atoms with Gasteiger partial charge < -0.3 is 5.32 Å². The molecule has 3 aromatic rings. The smallest absolute Gasteiger partial charge is 0.175 e. The molecule has 0 radical (unpaired) electrons. The molecule has 0 aliphatic heterocycles. The zero-order valence-electron chi connectivity index (χ0n) is 11.5. The largest absolute Gasteiger partial charge is 0.376 e. The quantitative estimate of drug-likeness (QED) is 0.803. The Kier molecular flexibility index (Phi) is 3.83. The molecule has 0 atom stereocenters. The number of anilines is 1. The normalized spacial score (nSPS) is 10.6. The molecule has 0 aliphatic carbocycles. The molecule has 1 heterocycles. The van der Waals surface area contributed by atoms with E-state index in [9.17, 15) is 0 Å². The Morgan fingerprint density at radius 2 is 1.95 bits per heavy atom. The highest BCUT2D eigenvalue weighted by Crippen LogP contribution is 2.23. The minimum atomic E-state index is 0.491. The van der Waals surface area contributed by atoms with E-state index in [1.165, 1.54) is 0 Å². The van der Waals surface area contributed by atoms with Gasteiger partial charge in [0, 0.05) is 0 Å². The van der Waals surface area contributed by atoms with Crippen molar-refractivity contribution < 1.29 is 0 Å². The summed E-state index contributed by atoms with van der Waals surface area (Å²) in [4.78, 5) is 0. The van der Waals surface area contributed by atoms with Crippen LogP contribution in [0.5, 0.6) is 0 Å². The summed E-state index contributed by atoms with van der Waals surface area (Å²) in [7, 11) is 0. The number of hydrogen-bond donors (Lipinski definition) is 1. The number of rotatable bonds is 4. The summed E-state index contributed by atoms with van der Waals surface area (Å²) in [5, 5.41) is 15.8. The van der Waals surface area contributed by atoms with Crippen molar-refractivity contribution in [3.63, 3.8) is 0 Å². The lowest BCUT2D eigenvalue weighted by atomic mass is 10.2. The van der Waals surface area contributed by atoms with Crippen LogP contribution in [0.4, 0.5) is 5.69 Å². The van der Waals surface area contributed by atoms with Crippen molar-refractivity contribution in [2.75, 3.05) is 5.32 Å². The lowest BCUT2D eigenvalue weighted by molar-refractivity contribution is 0.768. The van der Waals surface area contributed by atoms with Crippen LogP contribution >= 0.6 is 11.6 Å². The first-order valence-electron chi connectivity index (χ1n) is 6.57. The van der Waals surface area contributed by atoms with Crippen LogP contribution < -0.4 is 5.32 Å². The average molecular weight is 300 g/mol. The molecule has 106 valence electrons. The maximum Gasteiger partial charge on any atom is 0.175 e. The number of hydrogen-bond acceptors (Lipinski definition) is 4. The Balaban J connectivity index is 1.79. The minimum Gasteiger partial charge on any atom is -0.376 e. The maximum absolute atomic E-state index is 6.21. The van der Waals surface area contributed by atoms with Gasteiger partial charge >= 0.3 is 0 Å². The van der Waals surface area contributed by atoms with Crippen molar-refractivity contribution in [3.8, 4) is 5.69 Å². The summed E-state index contributed by atoms with van der Waals surface area (Å²) < 4.78 is 1.70. The van der Waals surface area contributed by atoms with Crippen molar-refractivity contribution >= 4 is 17.3 Å². The standard InChI is InChI=1S/C15H14ClN5/c1-11-7-8-14(13(16)9-11)17-10-15-18-19-20-21(15)12-5-3-2-4-6-12/h2-9,17H,10H2,1H3. The van der Waals surface area contributed by atoms with Crippen LogP contribution in [0.15, 0.2) is 48.5 Å². The molecule has 21 heavy (non-hydrogen) atoms. The topological polar surface area (TPSA) is 55.6 Å². The third kappa shape index (κ3) is 3.03. The zero-order valence-corrected chi connectivity index (χ0v) is 12.2. The van der Waals surface area contributed by atoms with Crippen molar-refractivity contribution in [1.82, 2.24) is 20.2 Å². The molecule has 0 bridgehead atoms. The van der Waals surface area contributed by atoms with E-state index < -0.39 is 0 Å². The number of aryl methyl sites for hydroxylation is 1. The third-order valence-electron chi connectivity index (χ3n) is 3.10. The number of aromatic nitrogens is 4. The van der Waals surface area contributed by atoms with Gasteiger partial charge in [-0.3, -0.25) is 0 Å². The van der Waals surface area contributed by atoms with E-state index in [1.807, 2.05) is 55.5 Å². The number of para-hydroxylation sites is 1. The Morgan fingerprint density at radius 1 is 1.14 bits per heavy atom. The molecule has 1 aromatic heterocycles. The highest BCUT2D eigenvalue weighted by molar-refractivity contribution is 6.33. The monoisotopic (exact) mass is 299 g/mol. The van der Waals surface area contributed by atoms with E-state index in [-0.39, 0.29) is 0 Å². The predicted molar refractivity (Wildman–Crippen MR) is 82.7 cm³/mol. The third-order valence-corrected chi connectivity index (χ3v) is 3.41. The zero-order chi connectivity index (χ0) is 14.7. The van der Waals surface area contributed by atoms with Crippen molar-refractivity contribution in [3.05, 3.63) is 64.9 Å². The van der Waals surface area contributed by atoms with Gasteiger partial charge in [-0.2, -0.15) is 4.68 Å². The van der Waals surface area contributed by atoms with Crippen LogP contribution in [0.3, 0.4) is 0 Å². The Labute approximate surface area is 127 Å². The van der Waals surface area contributed by atoms with Crippen LogP contribution in [0.2, 0.25) is 5.02 Å². The van der Waals surface area contributed by atoms with E-state index >= 15 is 0 Å². The maximum atomic E-state index is 6.21. The van der Waals surface area contributed by atoms with Crippen molar-refractivity contribution in [2.24, 2.45) is 0 Å². The summed E-state index contributed by atoms with van der Waals surface area (Å²) in [5.41, 5.74) is 2.92. The molecule has 0 fully saturated rings. The molecule has 0 saturated heterocycles. The molecule has 0 saturated carbocycles. The molecule has 0 aliphatic rings. The summed E-state index contributed by atoms with van der Waals surface area (Å²) in [5.74, 6) is 0.720. The molecule has 3 rings (SSSR count). The molecule has 0 unspecified atom stereocenters. The van der Waals surface area contributed by atoms with Crippen LogP contribution in [-0.4, -0.2) is 20.2 Å². The Hall–Kier alpha value is -2.40. The Bertz CT molecular complexity index is 739. The van der Waals surface area contributed by atoms with Gasteiger partial charge in [-0.25, -0.2) is 0 Å². The van der Waals surface area contributed by atoms with Gasteiger partial charge in [-0.05, 0) is 47.2 Å². The molecule has 0 amide bonds. The molecular formula is C15H14ClN5. The molecule has 0 spiro atoms. The van der Waals surface area contributed by atoms with E-state index in [0.29, 0.717) is 11.6 Å². The number of halogens is 1. The molecule has 1 N–H and O–H groups in total.